The van der Waals surface area contributed by atoms with Crippen molar-refractivity contribution < 1.29 is 9.53 Å². The molecular weight excluding hydrogens is 350 g/mol. The third-order valence-electron chi connectivity index (χ3n) is 3.64. The van der Waals surface area contributed by atoms with Crippen LogP contribution in [0.2, 0.25) is 0 Å². The van der Waals surface area contributed by atoms with Crippen molar-refractivity contribution in [1.29, 1.82) is 0 Å². The number of thiazole rings is 1. The molecule has 0 aliphatic carbocycles. The number of thioether (sulfide) groups is 1. The zero-order valence-electron chi connectivity index (χ0n) is 14.2. The van der Waals surface area contributed by atoms with Crippen LogP contribution in [-0.2, 0) is 17.1 Å². The monoisotopic (exact) mass is 369 g/mol. The Balaban J connectivity index is 1.65. The summed E-state index contributed by atoms with van der Waals surface area (Å²) in [6.07, 6.45) is 0. The molecule has 0 spiro atoms. The largest absolute Gasteiger partial charge is 0.457 e. The minimum Gasteiger partial charge on any atom is -0.457 e. The molecule has 0 atom stereocenters. The van der Waals surface area contributed by atoms with Crippen LogP contribution >= 0.6 is 23.1 Å². The Morgan fingerprint density at radius 2 is 2.00 bits per heavy atom. The first-order chi connectivity index (χ1) is 12.1. The van der Waals surface area contributed by atoms with Gasteiger partial charge in [0.05, 0.1) is 5.56 Å². The summed E-state index contributed by atoms with van der Waals surface area (Å²) in [5.41, 5.74) is 4.77. The van der Waals surface area contributed by atoms with Crippen LogP contribution in [0.5, 0.6) is 0 Å². The number of rotatable bonds is 6. The molecule has 0 aliphatic heterocycles. The Morgan fingerprint density at radius 1 is 1.16 bits per heavy atom. The highest BCUT2D eigenvalue weighted by Gasteiger charge is 2.13. The van der Waals surface area contributed by atoms with Crippen molar-refractivity contribution in [3.05, 3.63) is 81.9 Å². The van der Waals surface area contributed by atoms with Crippen LogP contribution in [0.25, 0.3) is 0 Å². The smallest absolute Gasteiger partial charge is 0.338 e. The van der Waals surface area contributed by atoms with Crippen LogP contribution in [0.1, 0.15) is 32.7 Å². The first kappa shape index (κ1) is 17.7. The maximum Gasteiger partial charge on any atom is 0.338 e. The summed E-state index contributed by atoms with van der Waals surface area (Å²) in [6.45, 7) is 4.29. The maximum atomic E-state index is 12.5. The lowest BCUT2D eigenvalue weighted by Crippen LogP contribution is -2.08. The van der Waals surface area contributed by atoms with E-state index in [-0.39, 0.29) is 12.6 Å². The van der Waals surface area contributed by atoms with Gasteiger partial charge in [0.25, 0.3) is 0 Å². The zero-order chi connectivity index (χ0) is 17.6. The van der Waals surface area contributed by atoms with Gasteiger partial charge in [0.1, 0.15) is 10.9 Å². The number of nitrogens with zero attached hydrogens (tertiary/aromatic N) is 1. The van der Waals surface area contributed by atoms with E-state index < -0.39 is 0 Å². The van der Waals surface area contributed by atoms with Crippen LogP contribution in [0.4, 0.5) is 0 Å². The third kappa shape index (κ3) is 4.94. The second-order valence-corrected chi connectivity index (χ2v) is 7.85. The van der Waals surface area contributed by atoms with Crippen molar-refractivity contribution in [1.82, 2.24) is 4.98 Å². The van der Waals surface area contributed by atoms with E-state index in [2.05, 4.69) is 4.98 Å². The van der Waals surface area contributed by atoms with E-state index in [0.29, 0.717) is 11.3 Å². The number of esters is 1. The average Bonchev–Trinajstić information content (AvgIpc) is 3.03. The quantitative estimate of drug-likeness (QED) is 0.430. The Bertz CT molecular complexity index is 873. The van der Waals surface area contributed by atoms with E-state index >= 15 is 0 Å². The molecule has 0 radical (unpaired) electrons. The fourth-order valence-electron chi connectivity index (χ4n) is 2.41. The topological polar surface area (TPSA) is 39.2 Å². The van der Waals surface area contributed by atoms with Crippen molar-refractivity contribution in [2.24, 2.45) is 0 Å². The molecule has 1 aromatic heterocycles. The molecule has 0 N–H and O–H groups in total. The standard InChI is InChI=1S/C20H19NO2S2/c1-14-6-5-7-16(10-14)11-23-19(22)18-9-4-3-8-17(18)13-25-20-21-15(2)12-24-20/h3-10,12H,11,13H2,1-2H3. The van der Waals surface area contributed by atoms with Gasteiger partial charge in [-0.25, -0.2) is 9.78 Å². The second kappa shape index (κ2) is 8.32. The van der Waals surface area contributed by atoms with Gasteiger partial charge < -0.3 is 4.74 Å². The van der Waals surface area contributed by atoms with Gasteiger partial charge in [-0.2, -0.15) is 0 Å². The first-order valence-corrected chi connectivity index (χ1v) is 9.84. The van der Waals surface area contributed by atoms with Crippen LogP contribution in [0.15, 0.2) is 58.3 Å². The molecule has 3 nitrogen and oxygen atoms in total. The molecule has 0 bridgehead atoms. The molecule has 0 unspecified atom stereocenters. The average molecular weight is 370 g/mol. The lowest BCUT2D eigenvalue weighted by molar-refractivity contribution is 0.0471. The van der Waals surface area contributed by atoms with Crippen molar-refractivity contribution in [3.63, 3.8) is 0 Å². The summed E-state index contributed by atoms with van der Waals surface area (Å²) < 4.78 is 6.52. The summed E-state index contributed by atoms with van der Waals surface area (Å²) >= 11 is 3.27. The number of hydrogen-bond acceptors (Lipinski definition) is 5. The van der Waals surface area contributed by atoms with E-state index in [1.165, 1.54) is 0 Å². The predicted octanol–water partition coefficient (Wildman–Crippen LogP) is 5.41. The number of carbonyl (C=O) groups excluding carboxylic acids is 1. The molecule has 128 valence electrons. The number of benzene rings is 2. The van der Waals surface area contributed by atoms with Gasteiger partial charge in [0.2, 0.25) is 0 Å². The first-order valence-electron chi connectivity index (χ1n) is 7.97. The molecular formula is C20H19NO2S2. The predicted molar refractivity (Wildman–Crippen MR) is 103 cm³/mol. The summed E-state index contributed by atoms with van der Waals surface area (Å²) in [6, 6.07) is 15.6. The lowest BCUT2D eigenvalue weighted by Gasteiger charge is -2.09. The minimum absolute atomic E-state index is 0.284. The highest BCUT2D eigenvalue weighted by molar-refractivity contribution is 8.00. The molecule has 0 saturated carbocycles. The van der Waals surface area contributed by atoms with Crippen LogP contribution in [-0.4, -0.2) is 11.0 Å². The van der Waals surface area contributed by atoms with Crippen molar-refractivity contribution in [2.75, 3.05) is 0 Å². The number of hydrogen-bond donors (Lipinski definition) is 0. The van der Waals surface area contributed by atoms with Gasteiger partial charge in [-0.15, -0.1) is 11.3 Å². The van der Waals surface area contributed by atoms with E-state index in [1.807, 2.05) is 67.8 Å². The minimum atomic E-state index is -0.284. The Kier molecular flexibility index (Phi) is 5.89. The van der Waals surface area contributed by atoms with Crippen LogP contribution < -0.4 is 0 Å². The summed E-state index contributed by atoms with van der Waals surface area (Å²) in [5, 5.41) is 2.03. The van der Waals surface area contributed by atoms with Crippen LogP contribution in [0, 0.1) is 13.8 Å². The van der Waals surface area contributed by atoms with Crippen molar-refractivity contribution in [2.45, 2.75) is 30.5 Å². The highest BCUT2D eigenvalue weighted by atomic mass is 32.2. The molecule has 25 heavy (non-hydrogen) atoms. The summed E-state index contributed by atoms with van der Waals surface area (Å²) in [7, 11) is 0. The van der Waals surface area contributed by atoms with Gasteiger partial charge in [0, 0.05) is 16.8 Å². The van der Waals surface area contributed by atoms with Gasteiger partial charge in [0.15, 0.2) is 0 Å². The SMILES string of the molecule is Cc1cccc(COC(=O)c2ccccc2CSc2nc(C)cs2)c1. The molecule has 5 heteroatoms. The Labute approximate surface area is 156 Å². The van der Waals surface area contributed by atoms with E-state index in [9.17, 15) is 4.79 Å². The van der Waals surface area contributed by atoms with E-state index in [0.717, 1.165) is 26.7 Å². The van der Waals surface area contributed by atoms with Crippen LogP contribution in [0.3, 0.4) is 0 Å². The number of carbonyl (C=O) groups is 1. The number of ether oxygens (including phenoxy) is 1. The Morgan fingerprint density at radius 3 is 2.76 bits per heavy atom. The second-order valence-electron chi connectivity index (χ2n) is 5.77. The molecule has 0 aliphatic rings. The van der Waals surface area contributed by atoms with Crippen molar-refractivity contribution in [3.8, 4) is 0 Å². The molecule has 0 fully saturated rings. The normalized spacial score (nSPS) is 10.6. The Hall–Kier alpha value is -2.11. The molecule has 3 aromatic rings. The maximum absolute atomic E-state index is 12.5. The lowest BCUT2D eigenvalue weighted by atomic mass is 10.1. The van der Waals surface area contributed by atoms with Crippen molar-refractivity contribution >= 4 is 29.1 Å². The van der Waals surface area contributed by atoms with Gasteiger partial charge in [-0.1, -0.05) is 59.8 Å². The van der Waals surface area contributed by atoms with Gasteiger partial charge in [-0.3, -0.25) is 0 Å². The molecule has 0 amide bonds. The number of aryl methyl sites for hydroxylation is 2. The molecule has 1 heterocycles. The molecule has 2 aromatic carbocycles. The van der Waals surface area contributed by atoms with E-state index in [4.69, 9.17) is 4.74 Å². The van der Waals surface area contributed by atoms with E-state index in [1.54, 1.807) is 23.1 Å². The van der Waals surface area contributed by atoms with Gasteiger partial charge in [-0.05, 0) is 31.0 Å². The number of aromatic nitrogens is 1. The molecule has 0 saturated heterocycles. The fraction of sp³-hybridized carbons (Fsp3) is 0.200. The van der Waals surface area contributed by atoms with Gasteiger partial charge >= 0.3 is 5.97 Å². The highest BCUT2D eigenvalue weighted by Crippen LogP contribution is 2.27. The zero-order valence-corrected chi connectivity index (χ0v) is 15.8. The summed E-state index contributed by atoms with van der Waals surface area (Å²) in [4.78, 5) is 16.9. The fourth-order valence-corrected chi connectivity index (χ4v) is 4.27. The molecule has 3 rings (SSSR count). The summed E-state index contributed by atoms with van der Waals surface area (Å²) in [5.74, 6) is 0.413. The third-order valence-corrected chi connectivity index (χ3v) is 5.83.